The lowest BCUT2D eigenvalue weighted by atomic mass is 10.0. The molecule has 3 atom stereocenters. The second-order valence-corrected chi connectivity index (χ2v) is 10.8. The Balaban J connectivity index is 1.39. The second kappa shape index (κ2) is 10.6. The summed E-state index contributed by atoms with van der Waals surface area (Å²) in [5.41, 5.74) is 1.54. The Bertz CT molecular complexity index is 1210. The fourth-order valence-corrected chi connectivity index (χ4v) is 6.00. The van der Waals surface area contributed by atoms with Crippen LogP contribution in [0.4, 0.5) is 17.1 Å². The number of amides is 2. The number of rotatable bonds is 6. The Morgan fingerprint density at radius 2 is 1.84 bits per heavy atom. The number of benzene rings is 1. The monoisotopic (exact) mass is 571 g/mol. The molecule has 2 amide bonds. The Labute approximate surface area is 223 Å². The van der Waals surface area contributed by atoms with E-state index in [4.69, 9.17) is 0 Å². The Morgan fingerprint density at radius 3 is 2.54 bits per heavy atom. The van der Waals surface area contributed by atoms with Gasteiger partial charge >= 0.3 is 0 Å². The molecule has 3 fully saturated rings. The Hall–Kier alpha value is -3.25. The van der Waals surface area contributed by atoms with Gasteiger partial charge in [0, 0.05) is 74.3 Å². The molecule has 2 unspecified atom stereocenters. The third-order valence-electron chi connectivity index (χ3n) is 7.34. The van der Waals surface area contributed by atoms with Gasteiger partial charge < -0.3 is 25.8 Å². The largest absolute Gasteiger partial charge is 0.387 e. The molecule has 5 rings (SSSR count). The number of nitro groups is 1. The summed E-state index contributed by atoms with van der Waals surface area (Å²) in [6.07, 6.45) is 6.69. The molecule has 0 aliphatic carbocycles. The van der Waals surface area contributed by atoms with Crippen molar-refractivity contribution in [1.29, 1.82) is 0 Å². The highest BCUT2D eigenvalue weighted by atomic mass is 79.9. The number of carbonyl (C=O) groups excluding carboxylic acids is 2. The zero-order valence-electron chi connectivity index (χ0n) is 20.6. The molecule has 4 heterocycles. The molecule has 1 aromatic carbocycles. The minimum Gasteiger partial charge on any atom is -0.387 e. The standard InChI is InChI=1S/C25H30BrN7O4/c1-27-20-7-15(10-28-11-20)24(34)31-6-2-3-17(12-31)30-23-21(8-16(26)9-22(23)33(36)37)25(35)32-13-18-4-5-19(14-32)29-18/h7-11,17-19,27,29-30H,2-6,12-14H2,1H3/t17-,18?,19?/m1/s1. The predicted octanol–water partition coefficient (Wildman–Crippen LogP) is 3.09. The lowest BCUT2D eigenvalue weighted by molar-refractivity contribution is -0.384. The molecule has 2 aromatic rings. The van der Waals surface area contributed by atoms with Gasteiger partial charge in [-0.1, -0.05) is 15.9 Å². The first-order valence-electron chi connectivity index (χ1n) is 12.5. The van der Waals surface area contributed by atoms with Crippen molar-refractivity contribution in [2.24, 2.45) is 0 Å². The summed E-state index contributed by atoms with van der Waals surface area (Å²) in [6, 6.07) is 5.10. The van der Waals surface area contributed by atoms with Gasteiger partial charge in [0.25, 0.3) is 17.5 Å². The first-order valence-corrected chi connectivity index (χ1v) is 13.3. The van der Waals surface area contributed by atoms with Crippen molar-refractivity contribution in [2.75, 3.05) is 43.9 Å². The number of aromatic nitrogens is 1. The number of nitrogens with one attached hydrogen (secondary N) is 3. The number of hydrogen-bond acceptors (Lipinski definition) is 8. The summed E-state index contributed by atoms with van der Waals surface area (Å²) in [5, 5.41) is 21.8. The number of halogens is 1. The van der Waals surface area contributed by atoms with Crippen molar-refractivity contribution in [3.8, 4) is 0 Å². The van der Waals surface area contributed by atoms with Crippen LogP contribution in [0.3, 0.4) is 0 Å². The van der Waals surface area contributed by atoms with E-state index in [2.05, 4.69) is 36.9 Å². The normalized spacial score (nSPS) is 23.0. The smallest absolute Gasteiger partial charge is 0.294 e. The highest BCUT2D eigenvalue weighted by molar-refractivity contribution is 9.10. The van der Waals surface area contributed by atoms with Crippen LogP contribution in [0.25, 0.3) is 0 Å². The fraction of sp³-hybridized carbons (Fsp3) is 0.480. The fourth-order valence-electron chi connectivity index (χ4n) is 5.55. The van der Waals surface area contributed by atoms with Gasteiger partial charge in [-0.05, 0) is 37.8 Å². The SMILES string of the molecule is CNc1cncc(C(=O)N2CCC[C@@H](Nc3c(C(=O)N4CC5CCC(C4)N5)cc(Br)cc3[N+](=O)[O-])C2)c1. The molecule has 0 saturated carbocycles. The molecule has 3 N–H and O–H groups in total. The van der Waals surface area contributed by atoms with E-state index in [0.717, 1.165) is 31.4 Å². The van der Waals surface area contributed by atoms with Crippen molar-refractivity contribution >= 4 is 44.8 Å². The van der Waals surface area contributed by atoms with Crippen LogP contribution in [0.15, 0.2) is 35.1 Å². The third kappa shape index (κ3) is 5.40. The molecule has 1 aromatic heterocycles. The van der Waals surface area contributed by atoms with Gasteiger partial charge in [0.2, 0.25) is 0 Å². The van der Waals surface area contributed by atoms with Crippen LogP contribution in [0.5, 0.6) is 0 Å². The van der Waals surface area contributed by atoms with Crippen molar-refractivity contribution in [3.63, 3.8) is 0 Å². The molecule has 3 aliphatic rings. The van der Waals surface area contributed by atoms with E-state index in [9.17, 15) is 19.7 Å². The predicted molar refractivity (Wildman–Crippen MR) is 143 cm³/mol. The van der Waals surface area contributed by atoms with Gasteiger partial charge in [-0.2, -0.15) is 0 Å². The molecule has 37 heavy (non-hydrogen) atoms. The van der Waals surface area contributed by atoms with Crippen molar-refractivity contribution in [3.05, 3.63) is 56.3 Å². The number of nitrogens with zero attached hydrogens (tertiary/aromatic N) is 4. The van der Waals surface area contributed by atoms with E-state index in [1.807, 2.05) is 0 Å². The number of pyridine rings is 1. The van der Waals surface area contributed by atoms with E-state index in [0.29, 0.717) is 36.2 Å². The van der Waals surface area contributed by atoms with Gasteiger partial charge in [0.15, 0.2) is 0 Å². The van der Waals surface area contributed by atoms with E-state index in [1.165, 1.54) is 12.3 Å². The highest BCUT2D eigenvalue weighted by Crippen LogP contribution is 2.35. The topological polar surface area (TPSA) is 133 Å². The molecule has 12 heteroatoms. The molecule has 0 radical (unpaired) electrons. The van der Waals surface area contributed by atoms with Gasteiger partial charge in [0.1, 0.15) is 5.69 Å². The number of hydrogen-bond donors (Lipinski definition) is 3. The maximum absolute atomic E-state index is 13.7. The molecular formula is C25H30BrN7O4. The van der Waals surface area contributed by atoms with Gasteiger partial charge in [-0.25, -0.2) is 0 Å². The molecule has 3 saturated heterocycles. The van der Waals surface area contributed by atoms with Crippen molar-refractivity contribution in [1.82, 2.24) is 20.1 Å². The Kier molecular flexibility index (Phi) is 7.29. The van der Waals surface area contributed by atoms with Crippen LogP contribution in [-0.2, 0) is 0 Å². The summed E-state index contributed by atoms with van der Waals surface area (Å²) >= 11 is 3.36. The van der Waals surface area contributed by atoms with E-state index < -0.39 is 4.92 Å². The highest BCUT2D eigenvalue weighted by Gasteiger charge is 2.37. The van der Waals surface area contributed by atoms with Crippen LogP contribution in [0.2, 0.25) is 0 Å². The third-order valence-corrected chi connectivity index (χ3v) is 7.80. The molecule has 196 valence electrons. The lowest BCUT2D eigenvalue weighted by Crippen LogP contribution is -2.53. The average molecular weight is 572 g/mol. The lowest BCUT2D eigenvalue weighted by Gasteiger charge is -2.35. The molecule has 0 spiro atoms. The van der Waals surface area contributed by atoms with Crippen LogP contribution < -0.4 is 16.0 Å². The van der Waals surface area contributed by atoms with Crippen LogP contribution in [0.1, 0.15) is 46.4 Å². The van der Waals surface area contributed by atoms with E-state index >= 15 is 0 Å². The molecular weight excluding hydrogens is 542 g/mol. The summed E-state index contributed by atoms with van der Waals surface area (Å²) in [7, 11) is 1.77. The maximum Gasteiger partial charge on any atom is 0.294 e. The zero-order chi connectivity index (χ0) is 26.1. The van der Waals surface area contributed by atoms with E-state index in [1.54, 1.807) is 35.2 Å². The summed E-state index contributed by atoms with van der Waals surface area (Å²) in [6.45, 7) is 2.11. The van der Waals surface area contributed by atoms with Crippen LogP contribution in [0, 0.1) is 10.1 Å². The molecule has 3 aliphatic heterocycles. The number of likely N-dealkylation sites (tertiary alicyclic amines) is 2. The minimum atomic E-state index is -0.466. The quantitative estimate of drug-likeness (QED) is 0.356. The number of nitro benzene ring substituents is 1. The minimum absolute atomic E-state index is 0.144. The van der Waals surface area contributed by atoms with Gasteiger partial charge in [-0.3, -0.25) is 24.7 Å². The maximum atomic E-state index is 13.7. The second-order valence-electron chi connectivity index (χ2n) is 9.90. The average Bonchev–Trinajstić information content (AvgIpc) is 3.25. The number of piperazine rings is 1. The number of anilines is 2. The van der Waals surface area contributed by atoms with Crippen LogP contribution in [-0.4, -0.2) is 82.9 Å². The van der Waals surface area contributed by atoms with Gasteiger partial charge in [-0.15, -0.1) is 0 Å². The number of carbonyl (C=O) groups is 2. The van der Waals surface area contributed by atoms with Crippen molar-refractivity contribution in [2.45, 2.75) is 43.8 Å². The summed E-state index contributed by atoms with van der Waals surface area (Å²) in [5.74, 6) is -0.363. The number of fused-ring (bicyclic) bond motifs is 2. The zero-order valence-corrected chi connectivity index (χ0v) is 22.2. The summed E-state index contributed by atoms with van der Waals surface area (Å²) in [4.78, 5) is 46.1. The molecule has 2 bridgehead atoms. The Morgan fingerprint density at radius 1 is 1.08 bits per heavy atom. The van der Waals surface area contributed by atoms with Gasteiger partial charge in [0.05, 0.1) is 21.7 Å². The first-order chi connectivity index (χ1) is 17.8. The number of piperidine rings is 1. The van der Waals surface area contributed by atoms with E-state index in [-0.39, 0.29) is 46.9 Å². The first kappa shape index (κ1) is 25.4. The van der Waals surface area contributed by atoms with Crippen LogP contribution >= 0.6 is 15.9 Å². The van der Waals surface area contributed by atoms with Crippen molar-refractivity contribution < 1.29 is 14.5 Å². The summed E-state index contributed by atoms with van der Waals surface area (Å²) < 4.78 is 0.476. The molecule has 11 nitrogen and oxygen atoms in total.